The van der Waals surface area contributed by atoms with Crippen molar-refractivity contribution >= 4 is 25.8 Å². The van der Waals surface area contributed by atoms with Crippen LogP contribution in [-0.2, 0) is 9.84 Å². The van der Waals surface area contributed by atoms with Gasteiger partial charge in [-0.2, -0.15) is 5.26 Å². The summed E-state index contributed by atoms with van der Waals surface area (Å²) in [7, 11) is -3.30. The molecule has 0 bridgehead atoms. The van der Waals surface area contributed by atoms with Gasteiger partial charge in [0.05, 0.1) is 6.07 Å². The molecule has 0 fully saturated rings. The number of rotatable bonds is 3. The van der Waals surface area contributed by atoms with Crippen LogP contribution in [-0.4, -0.2) is 17.8 Å². The lowest BCUT2D eigenvalue weighted by Crippen LogP contribution is -2.30. The van der Waals surface area contributed by atoms with E-state index in [-0.39, 0.29) is 12.2 Å². The first-order valence-corrected chi connectivity index (χ1v) is 5.70. The van der Waals surface area contributed by atoms with Gasteiger partial charge in [-0.15, -0.1) is 0 Å². The van der Waals surface area contributed by atoms with Crippen LogP contribution in [0.2, 0.25) is 0 Å². The van der Waals surface area contributed by atoms with Crippen molar-refractivity contribution in [3.63, 3.8) is 0 Å². The molecule has 3 nitrogen and oxygen atoms in total. The van der Waals surface area contributed by atoms with E-state index in [1.54, 1.807) is 13.0 Å². The van der Waals surface area contributed by atoms with Gasteiger partial charge in [0.25, 0.3) is 0 Å². The summed E-state index contributed by atoms with van der Waals surface area (Å²) in [5.74, 6) is -0.0142. The van der Waals surface area contributed by atoms with E-state index in [2.05, 4.69) is 15.9 Å². The van der Waals surface area contributed by atoms with Crippen LogP contribution in [0.1, 0.15) is 20.3 Å². The predicted octanol–water partition coefficient (Wildman–Crippen LogP) is 1.45. The van der Waals surface area contributed by atoms with Crippen molar-refractivity contribution in [2.45, 2.75) is 23.9 Å². The largest absolute Gasteiger partial charge is 0.226 e. The van der Waals surface area contributed by atoms with Crippen LogP contribution in [0.4, 0.5) is 0 Å². The summed E-state index contributed by atoms with van der Waals surface area (Å²) in [4.78, 5) is 0. The maximum Gasteiger partial charge on any atom is 0.211 e. The minimum absolute atomic E-state index is 0.0142. The van der Waals surface area contributed by atoms with E-state index in [4.69, 9.17) is 5.26 Å². The molecule has 1 unspecified atom stereocenters. The van der Waals surface area contributed by atoms with Crippen LogP contribution in [0.15, 0.2) is 0 Å². The average Bonchev–Trinajstić information content (AvgIpc) is 2.02. The van der Waals surface area contributed by atoms with Gasteiger partial charge in [-0.1, -0.05) is 29.8 Å². The molecule has 5 heteroatoms. The Morgan fingerprint density at radius 3 is 2.09 bits per heavy atom. The molecule has 0 aliphatic carbocycles. The topological polar surface area (TPSA) is 57.9 Å². The third-order valence-electron chi connectivity index (χ3n) is 1.49. The van der Waals surface area contributed by atoms with E-state index in [1.165, 1.54) is 6.92 Å². The second-order valence-corrected chi connectivity index (χ2v) is 6.48. The molecule has 0 rings (SSSR count). The number of sulfone groups is 1. The molecule has 64 valence electrons. The molecule has 0 aliphatic heterocycles. The SMILES string of the molecule is CCC(Br)(C#N)S(=O)(=O)CC. The van der Waals surface area contributed by atoms with Crippen molar-refractivity contribution < 1.29 is 8.42 Å². The van der Waals surface area contributed by atoms with Crippen LogP contribution in [0.5, 0.6) is 0 Å². The highest BCUT2D eigenvalue weighted by Gasteiger charge is 2.38. The number of hydrogen-bond acceptors (Lipinski definition) is 3. The first kappa shape index (κ1) is 10.9. The van der Waals surface area contributed by atoms with Crippen molar-refractivity contribution in [3.05, 3.63) is 0 Å². The third-order valence-corrected chi connectivity index (χ3v) is 5.84. The second-order valence-electron chi connectivity index (χ2n) is 2.10. The Kier molecular flexibility index (Phi) is 3.52. The molecule has 0 aromatic heterocycles. The minimum Gasteiger partial charge on any atom is -0.226 e. The first-order valence-electron chi connectivity index (χ1n) is 3.26. The molecule has 0 heterocycles. The molecule has 11 heavy (non-hydrogen) atoms. The number of hydrogen-bond donors (Lipinski definition) is 0. The van der Waals surface area contributed by atoms with Gasteiger partial charge >= 0.3 is 0 Å². The summed E-state index contributed by atoms with van der Waals surface area (Å²) in [5, 5.41) is 8.58. The monoisotopic (exact) mass is 239 g/mol. The molecule has 1 atom stereocenters. The van der Waals surface area contributed by atoms with Crippen LogP contribution in [0, 0.1) is 11.3 Å². The van der Waals surface area contributed by atoms with Crippen LogP contribution < -0.4 is 0 Å². The molecule has 0 saturated heterocycles. The lowest BCUT2D eigenvalue weighted by atomic mass is 10.4. The Balaban J connectivity index is 4.99. The molecule has 0 spiro atoms. The van der Waals surface area contributed by atoms with Crippen LogP contribution >= 0.6 is 15.9 Å². The van der Waals surface area contributed by atoms with Gasteiger partial charge in [-0.25, -0.2) is 8.42 Å². The normalized spacial score (nSPS) is 16.9. The zero-order valence-corrected chi connectivity index (χ0v) is 8.87. The Bertz CT molecular complexity index is 267. The highest BCUT2D eigenvalue weighted by molar-refractivity contribution is 9.11. The number of nitrogens with zero attached hydrogens (tertiary/aromatic N) is 1. The molecule has 0 saturated carbocycles. The standard InChI is InChI=1S/C6H10BrNO2S/c1-3-6(7,5-8)11(9,10)4-2/h3-4H2,1-2H3. The number of alkyl halides is 1. The van der Waals surface area contributed by atoms with Gasteiger partial charge in [-0.3, -0.25) is 0 Å². The molecule has 0 N–H and O–H groups in total. The fraction of sp³-hybridized carbons (Fsp3) is 0.833. The van der Waals surface area contributed by atoms with Gasteiger partial charge < -0.3 is 0 Å². The molecule has 0 radical (unpaired) electrons. The lowest BCUT2D eigenvalue weighted by molar-refractivity contribution is 0.585. The molecule has 0 aromatic rings. The van der Waals surface area contributed by atoms with Crippen molar-refractivity contribution in [3.8, 4) is 6.07 Å². The van der Waals surface area contributed by atoms with Crippen molar-refractivity contribution in [2.24, 2.45) is 0 Å². The molecular formula is C6H10BrNO2S. The highest BCUT2D eigenvalue weighted by atomic mass is 79.9. The maximum atomic E-state index is 11.2. The van der Waals surface area contributed by atoms with Gasteiger partial charge in [0.1, 0.15) is 0 Å². The summed E-state index contributed by atoms with van der Waals surface area (Å²) in [6.07, 6.45) is 0.264. The third kappa shape index (κ3) is 1.94. The van der Waals surface area contributed by atoms with Crippen molar-refractivity contribution in [2.75, 3.05) is 5.75 Å². The Hall–Kier alpha value is -0.0800. The molecule has 0 amide bonds. The zero-order chi connectivity index (χ0) is 9.12. The molecular weight excluding hydrogens is 230 g/mol. The van der Waals surface area contributed by atoms with Gasteiger partial charge in [0.2, 0.25) is 3.66 Å². The maximum absolute atomic E-state index is 11.2. The van der Waals surface area contributed by atoms with Gasteiger partial charge in [0.15, 0.2) is 9.84 Å². The summed E-state index contributed by atoms with van der Waals surface area (Å²) in [6, 6.07) is 1.75. The zero-order valence-electron chi connectivity index (χ0n) is 6.46. The fourth-order valence-corrected chi connectivity index (χ4v) is 2.32. The summed E-state index contributed by atoms with van der Waals surface area (Å²) in [6.45, 7) is 3.18. The Labute approximate surface area is 75.4 Å². The quantitative estimate of drug-likeness (QED) is 0.701. The first-order chi connectivity index (χ1) is 4.93. The van der Waals surface area contributed by atoms with Crippen LogP contribution in [0.25, 0.3) is 0 Å². The molecule has 0 aliphatic rings. The summed E-state index contributed by atoms with van der Waals surface area (Å²) < 4.78 is 21.0. The second kappa shape index (κ2) is 3.55. The predicted molar refractivity (Wildman–Crippen MR) is 47.0 cm³/mol. The van der Waals surface area contributed by atoms with E-state index in [0.29, 0.717) is 0 Å². The highest BCUT2D eigenvalue weighted by Crippen LogP contribution is 2.28. The average molecular weight is 240 g/mol. The van der Waals surface area contributed by atoms with Gasteiger partial charge in [0, 0.05) is 5.75 Å². The van der Waals surface area contributed by atoms with Crippen molar-refractivity contribution in [1.82, 2.24) is 0 Å². The Morgan fingerprint density at radius 2 is 2.00 bits per heavy atom. The number of halogens is 1. The lowest BCUT2D eigenvalue weighted by Gasteiger charge is -2.15. The summed E-state index contributed by atoms with van der Waals surface area (Å²) >= 11 is 2.92. The molecule has 0 aromatic carbocycles. The van der Waals surface area contributed by atoms with Crippen molar-refractivity contribution in [1.29, 1.82) is 5.26 Å². The minimum atomic E-state index is -3.30. The fourth-order valence-electron chi connectivity index (χ4n) is 0.597. The van der Waals surface area contributed by atoms with E-state index in [0.717, 1.165) is 0 Å². The number of nitriles is 1. The van der Waals surface area contributed by atoms with E-state index in [9.17, 15) is 8.42 Å². The summed E-state index contributed by atoms with van der Waals surface area (Å²) in [5.41, 5.74) is 0. The Morgan fingerprint density at radius 1 is 1.55 bits per heavy atom. The van der Waals surface area contributed by atoms with Gasteiger partial charge in [-0.05, 0) is 6.42 Å². The van der Waals surface area contributed by atoms with E-state index >= 15 is 0 Å². The van der Waals surface area contributed by atoms with E-state index in [1.807, 2.05) is 0 Å². The van der Waals surface area contributed by atoms with Crippen LogP contribution in [0.3, 0.4) is 0 Å². The van der Waals surface area contributed by atoms with E-state index < -0.39 is 13.5 Å². The smallest absolute Gasteiger partial charge is 0.211 e.